The number of benzene rings is 1. The molecular weight excluding hydrogens is 398 g/mol. The Morgan fingerprint density at radius 1 is 1.04 bits per heavy atom. The van der Waals surface area contributed by atoms with E-state index in [-0.39, 0.29) is 5.46 Å². The number of hydrogen-bond donors (Lipinski definition) is 1. The fourth-order valence-electron chi connectivity index (χ4n) is 2.53. The molecule has 0 unspecified atom stereocenters. The highest BCUT2D eigenvalue weighted by Gasteiger charge is 2.52. The lowest BCUT2D eigenvalue weighted by Gasteiger charge is -2.32. The van der Waals surface area contributed by atoms with E-state index >= 15 is 0 Å². The van der Waals surface area contributed by atoms with E-state index in [1.165, 1.54) is 6.07 Å². The third kappa shape index (κ3) is 5.19. The van der Waals surface area contributed by atoms with Gasteiger partial charge in [0.1, 0.15) is 10.6 Å². The summed E-state index contributed by atoms with van der Waals surface area (Å²) in [6, 6.07) is 3.38. The van der Waals surface area contributed by atoms with Crippen LogP contribution in [0.2, 0.25) is 0 Å². The van der Waals surface area contributed by atoms with Gasteiger partial charge in [0.25, 0.3) is 0 Å². The smallest absolute Gasteiger partial charge is 0.404 e. The Labute approximate surface area is 163 Å². The number of ether oxygens (including phenoxy) is 1. The van der Waals surface area contributed by atoms with Gasteiger partial charge in [-0.3, -0.25) is 0 Å². The topological polar surface area (TPSA) is 73.9 Å². The van der Waals surface area contributed by atoms with Crippen molar-refractivity contribution in [2.45, 2.75) is 76.5 Å². The summed E-state index contributed by atoms with van der Waals surface area (Å²) in [6.45, 7) is 11.9. The molecular formula is C17H25BF3NO5S. The third-order valence-corrected chi connectivity index (χ3v) is 6.25. The lowest BCUT2D eigenvalue weighted by molar-refractivity contribution is -0.275. The summed E-state index contributed by atoms with van der Waals surface area (Å²) < 4.78 is 81.8. The summed E-state index contributed by atoms with van der Waals surface area (Å²) >= 11 is 0. The van der Waals surface area contributed by atoms with Gasteiger partial charge in [-0.25, -0.2) is 13.1 Å². The van der Waals surface area contributed by atoms with Gasteiger partial charge in [0.2, 0.25) is 10.0 Å². The van der Waals surface area contributed by atoms with Crippen LogP contribution in [0.4, 0.5) is 13.2 Å². The molecule has 6 nitrogen and oxygen atoms in total. The molecule has 0 saturated carbocycles. The first-order valence-electron chi connectivity index (χ1n) is 8.62. The number of rotatable bonds is 4. The first-order chi connectivity index (χ1) is 12.3. The van der Waals surface area contributed by atoms with Gasteiger partial charge in [-0.05, 0) is 66.1 Å². The molecule has 1 fully saturated rings. The maximum absolute atomic E-state index is 12.9. The van der Waals surface area contributed by atoms with Crippen molar-refractivity contribution in [3.8, 4) is 5.75 Å². The zero-order chi connectivity index (χ0) is 21.8. The first kappa shape index (κ1) is 23.0. The number of hydrogen-bond acceptors (Lipinski definition) is 5. The van der Waals surface area contributed by atoms with Gasteiger partial charge >= 0.3 is 13.5 Å². The van der Waals surface area contributed by atoms with Crippen molar-refractivity contribution in [1.82, 2.24) is 4.72 Å². The van der Waals surface area contributed by atoms with Crippen molar-refractivity contribution in [3.05, 3.63) is 18.2 Å². The number of alkyl halides is 3. The van der Waals surface area contributed by atoms with Gasteiger partial charge < -0.3 is 14.0 Å². The average molecular weight is 423 g/mol. The molecule has 0 aliphatic carbocycles. The quantitative estimate of drug-likeness (QED) is 0.754. The molecule has 1 N–H and O–H groups in total. The molecule has 28 heavy (non-hydrogen) atoms. The van der Waals surface area contributed by atoms with Crippen LogP contribution in [-0.2, 0) is 19.3 Å². The van der Waals surface area contributed by atoms with E-state index in [1.54, 1.807) is 48.5 Å². The number of sulfonamides is 1. The second kappa shape index (κ2) is 6.89. The molecule has 0 bridgehead atoms. The van der Waals surface area contributed by atoms with Gasteiger partial charge in [-0.1, -0.05) is 6.07 Å². The molecule has 1 aliphatic heterocycles. The van der Waals surface area contributed by atoms with Crippen LogP contribution >= 0.6 is 0 Å². The van der Waals surface area contributed by atoms with Crippen LogP contribution < -0.4 is 14.9 Å². The van der Waals surface area contributed by atoms with Gasteiger partial charge in [-0.2, -0.15) is 0 Å². The molecule has 1 aliphatic rings. The van der Waals surface area contributed by atoms with Gasteiger partial charge in [0, 0.05) is 5.54 Å². The van der Waals surface area contributed by atoms with Crippen molar-refractivity contribution >= 4 is 22.6 Å². The molecule has 1 heterocycles. The summed E-state index contributed by atoms with van der Waals surface area (Å²) in [4.78, 5) is -0.625. The first-order valence-corrected chi connectivity index (χ1v) is 10.1. The average Bonchev–Trinajstić information content (AvgIpc) is 2.62. The maximum atomic E-state index is 12.9. The normalized spacial score (nSPS) is 19.7. The van der Waals surface area contributed by atoms with Crippen LogP contribution in [0.15, 0.2) is 23.1 Å². The van der Waals surface area contributed by atoms with Crippen molar-refractivity contribution in [2.24, 2.45) is 0 Å². The molecule has 0 spiro atoms. The number of halogens is 3. The largest absolute Gasteiger partial charge is 0.573 e. The Kier molecular flexibility index (Phi) is 5.66. The molecule has 1 aromatic rings. The van der Waals surface area contributed by atoms with E-state index in [2.05, 4.69) is 9.46 Å². The standard InChI is InChI=1S/C17H25BF3NO5S/c1-14(2,3)22-28(23,24)13-9-8-11(10-12(13)25-17(19,20)21)18-26-15(4,5)16(6,7)27-18/h8-10,22H,1-7H3. The summed E-state index contributed by atoms with van der Waals surface area (Å²) in [5.74, 6) is -0.850. The Morgan fingerprint density at radius 3 is 1.96 bits per heavy atom. The number of nitrogens with one attached hydrogen (secondary N) is 1. The third-order valence-electron chi connectivity index (χ3n) is 4.45. The van der Waals surface area contributed by atoms with Crippen LogP contribution in [0, 0.1) is 0 Å². The predicted octanol–water partition coefficient (Wildman–Crippen LogP) is 2.96. The molecule has 0 aromatic heterocycles. The van der Waals surface area contributed by atoms with E-state index in [1.807, 2.05) is 0 Å². The Hall–Kier alpha value is -1.30. The highest BCUT2D eigenvalue weighted by atomic mass is 32.2. The Balaban J connectivity index is 2.50. The molecule has 0 atom stereocenters. The molecule has 0 radical (unpaired) electrons. The minimum atomic E-state index is -5.07. The highest BCUT2D eigenvalue weighted by Crippen LogP contribution is 2.37. The molecule has 1 saturated heterocycles. The van der Waals surface area contributed by atoms with Crippen LogP contribution in [0.3, 0.4) is 0 Å². The monoisotopic (exact) mass is 423 g/mol. The highest BCUT2D eigenvalue weighted by molar-refractivity contribution is 7.89. The van der Waals surface area contributed by atoms with Crippen molar-refractivity contribution in [3.63, 3.8) is 0 Å². The van der Waals surface area contributed by atoms with Crippen molar-refractivity contribution in [2.75, 3.05) is 0 Å². The van der Waals surface area contributed by atoms with E-state index in [0.29, 0.717) is 0 Å². The lowest BCUT2D eigenvalue weighted by Crippen LogP contribution is -2.41. The van der Waals surface area contributed by atoms with Crippen LogP contribution in [0.25, 0.3) is 0 Å². The zero-order valence-electron chi connectivity index (χ0n) is 16.9. The van der Waals surface area contributed by atoms with E-state index in [4.69, 9.17) is 9.31 Å². The van der Waals surface area contributed by atoms with Crippen LogP contribution in [0.1, 0.15) is 48.5 Å². The fourth-order valence-corrected chi connectivity index (χ4v) is 4.06. The molecule has 11 heteroatoms. The van der Waals surface area contributed by atoms with Crippen LogP contribution in [-0.4, -0.2) is 38.6 Å². The summed E-state index contributed by atoms with van der Waals surface area (Å²) in [6.07, 6.45) is -5.07. The minimum absolute atomic E-state index is 0.215. The van der Waals surface area contributed by atoms with E-state index in [0.717, 1.165) is 12.1 Å². The zero-order valence-corrected chi connectivity index (χ0v) is 17.7. The Bertz CT molecular complexity index is 831. The van der Waals surface area contributed by atoms with E-state index in [9.17, 15) is 21.6 Å². The summed E-state index contributed by atoms with van der Waals surface area (Å²) in [7, 11) is -5.23. The van der Waals surface area contributed by atoms with Gasteiger partial charge in [0.15, 0.2) is 0 Å². The second-order valence-electron chi connectivity index (χ2n) is 8.70. The fraction of sp³-hybridized carbons (Fsp3) is 0.647. The van der Waals surface area contributed by atoms with E-state index < -0.39 is 50.9 Å². The lowest BCUT2D eigenvalue weighted by atomic mass is 9.79. The van der Waals surface area contributed by atoms with Gasteiger partial charge in [-0.15, -0.1) is 13.2 Å². The molecule has 1 aromatic carbocycles. The summed E-state index contributed by atoms with van der Waals surface area (Å²) in [5.41, 5.74) is -2.09. The second-order valence-corrected chi connectivity index (χ2v) is 10.3. The summed E-state index contributed by atoms with van der Waals surface area (Å²) in [5, 5.41) is 0. The predicted molar refractivity (Wildman–Crippen MR) is 98.9 cm³/mol. The van der Waals surface area contributed by atoms with Crippen LogP contribution in [0.5, 0.6) is 5.75 Å². The van der Waals surface area contributed by atoms with Crippen molar-refractivity contribution < 1.29 is 35.6 Å². The van der Waals surface area contributed by atoms with Gasteiger partial charge in [0.05, 0.1) is 11.2 Å². The molecule has 0 amide bonds. The SMILES string of the molecule is CC(C)(C)NS(=O)(=O)c1ccc(B2OC(C)(C)C(C)(C)O2)cc1OC(F)(F)F. The Morgan fingerprint density at radius 2 is 1.54 bits per heavy atom. The minimum Gasteiger partial charge on any atom is -0.404 e. The molecule has 2 rings (SSSR count). The van der Waals surface area contributed by atoms with Crippen molar-refractivity contribution in [1.29, 1.82) is 0 Å². The molecule has 158 valence electrons. The maximum Gasteiger partial charge on any atom is 0.573 e.